The Hall–Kier alpha value is -2.28. The zero-order chi connectivity index (χ0) is 19.9. The second kappa shape index (κ2) is 9.78. The van der Waals surface area contributed by atoms with Crippen LogP contribution in [0.15, 0.2) is 41.7 Å². The van der Waals surface area contributed by atoms with Crippen LogP contribution >= 0.6 is 11.8 Å². The van der Waals surface area contributed by atoms with Crippen LogP contribution in [0.1, 0.15) is 32.6 Å². The number of hydrogen-bond acceptors (Lipinski definition) is 6. The van der Waals surface area contributed by atoms with Crippen LogP contribution in [-0.4, -0.2) is 48.3 Å². The van der Waals surface area contributed by atoms with E-state index in [0.29, 0.717) is 11.8 Å². The Morgan fingerprint density at radius 1 is 1.25 bits per heavy atom. The Morgan fingerprint density at radius 2 is 2.04 bits per heavy atom. The number of aromatic nitrogens is 2. The number of thioether (sulfide) groups is 1. The van der Waals surface area contributed by atoms with Gasteiger partial charge in [-0.2, -0.15) is 0 Å². The van der Waals surface area contributed by atoms with Crippen LogP contribution in [0.5, 0.6) is 0 Å². The highest BCUT2D eigenvalue weighted by molar-refractivity contribution is 7.99. The molecule has 1 aliphatic heterocycles. The maximum atomic E-state index is 12.3. The fourth-order valence-electron chi connectivity index (χ4n) is 3.47. The molecule has 28 heavy (non-hydrogen) atoms. The molecule has 3 rings (SSSR count). The maximum absolute atomic E-state index is 12.3. The van der Waals surface area contributed by atoms with Crippen molar-refractivity contribution in [3.8, 4) is 0 Å². The molecule has 0 bridgehead atoms. The summed E-state index contributed by atoms with van der Waals surface area (Å²) in [7, 11) is 3.99. The molecule has 1 aromatic carbocycles. The summed E-state index contributed by atoms with van der Waals surface area (Å²) < 4.78 is 0. The topological polar surface area (TPSA) is 61.4 Å². The third-order valence-corrected chi connectivity index (χ3v) is 5.96. The van der Waals surface area contributed by atoms with Gasteiger partial charge in [0.25, 0.3) is 0 Å². The van der Waals surface area contributed by atoms with Crippen molar-refractivity contribution in [1.82, 2.24) is 9.97 Å². The molecule has 0 unspecified atom stereocenters. The van der Waals surface area contributed by atoms with E-state index < -0.39 is 0 Å². The third kappa shape index (κ3) is 5.38. The number of anilines is 3. The van der Waals surface area contributed by atoms with Gasteiger partial charge in [-0.1, -0.05) is 18.7 Å². The number of piperidine rings is 1. The monoisotopic (exact) mass is 399 g/mol. The van der Waals surface area contributed by atoms with Crippen LogP contribution in [0, 0.1) is 0 Å². The first-order valence-electron chi connectivity index (χ1n) is 9.85. The molecule has 1 aliphatic rings. The number of nitrogens with one attached hydrogen (secondary N) is 1. The Bertz CT molecular complexity index is 781. The number of benzene rings is 1. The van der Waals surface area contributed by atoms with Crippen LogP contribution in [0.2, 0.25) is 0 Å². The van der Waals surface area contributed by atoms with Crippen molar-refractivity contribution in [3.05, 3.63) is 36.7 Å². The summed E-state index contributed by atoms with van der Waals surface area (Å²) >= 11 is 1.44. The van der Waals surface area contributed by atoms with E-state index in [9.17, 15) is 4.79 Å². The minimum Gasteiger partial charge on any atom is -0.378 e. The predicted octanol–water partition coefficient (Wildman–Crippen LogP) is 4.04. The molecule has 1 amide bonds. The van der Waals surface area contributed by atoms with Gasteiger partial charge in [-0.3, -0.25) is 4.79 Å². The molecular formula is C21H29N5OS. The Morgan fingerprint density at radius 3 is 2.75 bits per heavy atom. The molecule has 0 aliphatic carbocycles. The van der Waals surface area contributed by atoms with Gasteiger partial charge in [-0.05, 0) is 49.9 Å². The fourth-order valence-corrected chi connectivity index (χ4v) is 4.13. The van der Waals surface area contributed by atoms with Gasteiger partial charge in [0.15, 0.2) is 0 Å². The van der Waals surface area contributed by atoms with Gasteiger partial charge >= 0.3 is 0 Å². The van der Waals surface area contributed by atoms with Crippen molar-refractivity contribution < 1.29 is 4.79 Å². The van der Waals surface area contributed by atoms with Gasteiger partial charge in [0.05, 0.1) is 5.75 Å². The molecule has 2 heterocycles. The van der Waals surface area contributed by atoms with Crippen LogP contribution in [0.25, 0.3) is 0 Å². The molecule has 1 atom stereocenters. The molecule has 6 nitrogen and oxygen atoms in total. The summed E-state index contributed by atoms with van der Waals surface area (Å²) in [5.74, 6) is 1.26. The van der Waals surface area contributed by atoms with Crippen LogP contribution in [-0.2, 0) is 4.79 Å². The highest BCUT2D eigenvalue weighted by Crippen LogP contribution is 2.27. The Labute approximate surface area is 171 Å². The Balaban J connectivity index is 1.56. The fraction of sp³-hybridized carbons (Fsp3) is 0.476. The van der Waals surface area contributed by atoms with Crippen LogP contribution in [0.3, 0.4) is 0 Å². The smallest absolute Gasteiger partial charge is 0.234 e. The van der Waals surface area contributed by atoms with Gasteiger partial charge in [-0.25, -0.2) is 9.97 Å². The average molecular weight is 400 g/mol. The summed E-state index contributed by atoms with van der Waals surface area (Å²) in [5.41, 5.74) is 1.91. The molecule has 1 saturated heterocycles. The average Bonchev–Trinajstić information content (AvgIpc) is 2.73. The SMILES string of the molecule is CC[C@H]1CCCCN1c1cc(SCC(=O)Nc2ccc(N(C)C)cc2)ncn1. The zero-order valence-electron chi connectivity index (χ0n) is 16.9. The summed E-state index contributed by atoms with van der Waals surface area (Å²) in [6, 6.07) is 10.4. The van der Waals surface area contributed by atoms with E-state index in [-0.39, 0.29) is 5.91 Å². The van der Waals surface area contributed by atoms with Gasteiger partial charge in [0.2, 0.25) is 5.91 Å². The Kier molecular flexibility index (Phi) is 7.14. The van der Waals surface area contributed by atoms with Gasteiger partial charge in [0.1, 0.15) is 17.2 Å². The number of nitrogens with zero attached hydrogens (tertiary/aromatic N) is 4. The minimum atomic E-state index is -0.0350. The normalized spacial score (nSPS) is 16.7. The number of carbonyl (C=O) groups is 1. The number of hydrogen-bond donors (Lipinski definition) is 1. The molecule has 0 spiro atoms. The van der Waals surface area contributed by atoms with Crippen molar-refractivity contribution in [3.63, 3.8) is 0 Å². The second-order valence-corrected chi connectivity index (χ2v) is 8.24. The highest BCUT2D eigenvalue weighted by atomic mass is 32.2. The van der Waals surface area contributed by atoms with Crippen LogP contribution in [0.4, 0.5) is 17.2 Å². The standard InChI is InChI=1S/C21H29N5OS/c1-4-17-7-5-6-12-26(17)19-13-21(23-15-22-19)28-14-20(27)24-16-8-10-18(11-9-16)25(2)3/h8-11,13,15,17H,4-7,12,14H2,1-3H3,(H,24,27)/t17-/m0/s1. The zero-order valence-corrected chi connectivity index (χ0v) is 17.7. The molecule has 0 saturated carbocycles. The summed E-state index contributed by atoms with van der Waals surface area (Å²) in [6.07, 6.45) is 6.45. The maximum Gasteiger partial charge on any atom is 0.234 e. The molecule has 0 radical (unpaired) electrons. The quantitative estimate of drug-likeness (QED) is 0.560. The predicted molar refractivity (Wildman–Crippen MR) is 117 cm³/mol. The lowest BCUT2D eigenvalue weighted by atomic mass is 10.0. The summed E-state index contributed by atoms with van der Waals surface area (Å²) in [5, 5.41) is 3.78. The van der Waals surface area contributed by atoms with Gasteiger partial charge in [0, 0.05) is 44.1 Å². The van der Waals surface area contributed by atoms with E-state index in [1.165, 1.54) is 31.0 Å². The first-order chi connectivity index (χ1) is 13.6. The first kappa shape index (κ1) is 20.5. The molecule has 7 heteroatoms. The van der Waals surface area contributed by atoms with Gasteiger partial charge in [-0.15, -0.1) is 0 Å². The first-order valence-corrected chi connectivity index (χ1v) is 10.8. The van der Waals surface area contributed by atoms with Crippen molar-refractivity contribution in [2.75, 3.05) is 41.5 Å². The van der Waals surface area contributed by atoms with E-state index in [1.807, 2.05) is 49.3 Å². The van der Waals surface area contributed by atoms with Crippen molar-refractivity contribution in [1.29, 1.82) is 0 Å². The molecule has 1 fully saturated rings. The largest absolute Gasteiger partial charge is 0.378 e. The van der Waals surface area contributed by atoms with E-state index in [4.69, 9.17) is 0 Å². The minimum absolute atomic E-state index is 0.0350. The molecule has 150 valence electrons. The highest BCUT2D eigenvalue weighted by Gasteiger charge is 2.22. The lowest BCUT2D eigenvalue weighted by molar-refractivity contribution is -0.113. The molecule has 2 aromatic rings. The summed E-state index contributed by atoms with van der Waals surface area (Å²) in [6.45, 7) is 3.28. The van der Waals surface area contributed by atoms with E-state index in [1.54, 1.807) is 6.33 Å². The second-order valence-electron chi connectivity index (χ2n) is 7.24. The molecule has 1 N–H and O–H groups in total. The van der Waals surface area contributed by atoms with Gasteiger partial charge < -0.3 is 15.1 Å². The molecular weight excluding hydrogens is 370 g/mol. The number of rotatable bonds is 7. The summed E-state index contributed by atoms with van der Waals surface area (Å²) in [4.78, 5) is 25.5. The van der Waals surface area contributed by atoms with E-state index in [2.05, 4.69) is 27.1 Å². The van der Waals surface area contributed by atoms with E-state index >= 15 is 0 Å². The van der Waals surface area contributed by atoms with Crippen LogP contribution < -0.4 is 15.1 Å². The lowest BCUT2D eigenvalue weighted by Gasteiger charge is -2.36. The lowest BCUT2D eigenvalue weighted by Crippen LogP contribution is -2.39. The van der Waals surface area contributed by atoms with Crippen molar-refractivity contribution in [2.45, 2.75) is 43.7 Å². The number of amides is 1. The number of carbonyl (C=O) groups excluding carboxylic acids is 1. The van der Waals surface area contributed by atoms with Crippen molar-refractivity contribution in [2.24, 2.45) is 0 Å². The van der Waals surface area contributed by atoms with Crippen molar-refractivity contribution >= 4 is 34.9 Å². The molecule has 1 aromatic heterocycles. The van der Waals surface area contributed by atoms with E-state index in [0.717, 1.165) is 35.2 Å². The third-order valence-electron chi connectivity index (χ3n) is 5.04.